The van der Waals surface area contributed by atoms with Gasteiger partial charge in [0, 0.05) is 11.7 Å². The molecule has 0 spiro atoms. The number of benzene rings is 1. The number of hydrogen-bond acceptors (Lipinski definition) is 2. The number of carboxylic acids is 1. The van der Waals surface area contributed by atoms with Gasteiger partial charge in [-0.1, -0.05) is 19.3 Å². The highest BCUT2D eigenvalue weighted by atomic mass is 16.4. The van der Waals surface area contributed by atoms with Gasteiger partial charge in [0.2, 0.25) is 0 Å². The van der Waals surface area contributed by atoms with Gasteiger partial charge in [0.25, 0.3) is 0 Å². The molecule has 108 valence electrons. The van der Waals surface area contributed by atoms with Crippen molar-refractivity contribution in [1.82, 2.24) is 5.32 Å². The summed E-state index contributed by atoms with van der Waals surface area (Å²) in [5, 5.41) is 14.6. The first-order valence-electron chi connectivity index (χ1n) is 6.98. The molecule has 0 bridgehead atoms. The summed E-state index contributed by atoms with van der Waals surface area (Å²) < 4.78 is 0. The largest absolute Gasteiger partial charge is 0.478 e. The molecule has 3 N–H and O–H groups in total. The number of urea groups is 1. The van der Waals surface area contributed by atoms with Crippen molar-refractivity contribution in [3.8, 4) is 0 Å². The van der Waals surface area contributed by atoms with Crippen molar-refractivity contribution in [2.24, 2.45) is 0 Å². The zero-order chi connectivity index (χ0) is 14.5. The van der Waals surface area contributed by atoms with Gasteiger partial charge in [0.15, 0.2) is 0 Å². The van der Waals surface area contributed by atoms with Gasteiger partial charge in [-0.3, -0.25) is 0 Å². The van der Waals surface area contributed by atoms with E-state index in [0.717, 1.165) is 31.2 Å². The topological polar surface area (TPSA) is 78.4 Å². The maximum atomic E-state index is 11.9. The van der Waals surface area contributed by atoms with E-state index in [1.165, 1.54) is 12.5 Å². The fraction of sp³-hybridized carbons (Fsp3) is 0.467. The normalized spacial score (nSPS) is 15.7. The molecule has 1 aromatic carbocycles. The molecule has 0 unspecified atom stereocenters. The third kappa shape index (κ3) is 3.73. The van der Waals surface area contributed by atoms with E-state index in [1.54, 1.807) is 19.1 Å². The fourth-order valence-corrected chi connectivity index (χ4v) is 2.53. The zero-order valence-corrected chi connectivity index (χ0v) is 11.6. The Morgan fingerprint density at radius 1 is 1.20 bits per heavy atom. The van der Waals surface area contributed by atoms with Crippen molar-refractivity contribution in [3.05, 3.63) is 29.3 Å². The van der Waals surface area contributed by atoms with Gasteiger partial charge in [-0.2, -0.15) is 0 Å². The Hall–Kier alpha value is -2.04. The van der Waals surface area contributed by atoms with E-state index in [1.807, 2.05) is 0 Å². The van der Waals surface area contributed by atoms with Crippen LogP contribution in [0.4, 0.5) is 10.5 Å². The maximum Gasteiger partial charge on any atom is 0.335 e. The highest BCUT2D eigenvalue weighted by molar-refractivity contribution is 5.92. The molecule has 1 aromatic rings. The number of carbonyl (C=O) groups is 2. The van der Waals surface area contributed by atoms with Gasteiger partial charge in [-0.15, -0.1) is 0 Å². The molecular formula is C15H20N2O3. The van der Waals surface area contributed by atoms with Crippen LogP contribution in [0.2, 0.25) is 0 Å². The highest BCUT2D eigenvalue weighted by Gasteiger charge is 2.16. The van der Waals surface area contributed by atoms with E-state index < -0.39 is 5.97 Å². The van der Waals surface area contributed by atoms with Gasteiger partial charge in [-0.05, 0) is 43.5 Å². The van der Waals surface area contributed by atoms with Crippen LogP contribution >= 0.6 is 0 Å². The predicted octanol–water partition coefficient (Wildman–Crippen LogP) is 3.15. The molecule has 5 nitrogen and oxygen atoms in total. The first kappa shape index (κ1) is 14.4. The molecule has 5 heteroatoms. The summed E-state index contributed by atoms with van der Waals surface area (Å²) in [5.74, 6) is -0.966. The first-order chi connectivity index (χ1) is 9.56. The van der Waals surface area contributed by atoms with Gasteiger partial charge in [0.1, 0.15) is 0 Å². The number of aromatic carboxylic acids is 1. The number of carboxylic acid groups (broad SMARTS) is 1. The van der Waals surface area contributed by atoms with Crippen LogP contribution in [0.1, 0.15) is 48.0 Å². The van der Waals surface area contributed by atoms with Crippen molar-refractivity contribution in [3.63, 3.8) is 0 Å². The Kier molecular flexibility index (Phi) is 4.61. The predicted molar refractivity (Wildman–Crippen MR) is 77.2 cm³/mol. The third-order valence-corrected chi connectivity index (χ3v) is 3.66. The van der Waals surface area contributed by atoms with E-state index in [-0.39, 0.29) is 17.6 Å². The molecule has 20 heavy (non-hydrogen) atoms. The SMILES string of the molecule is Cc1cc(C(=O)O)ccc1NC(=O)NC1CCCCC1. The Morgan fingerprint density at radius 3 is 2.50 bits per heavy atom. The molecule has 1 aliphatic rings. The molecule has 0 atom stereocenters. The number of anilines is 1. The number of hydrogen-bond donors (Lipinski definition) is 3. The van der Waals surface area contributed by atoms with Crippen LogP contribution in [0.5, 0.6) is 0 Å². The second-order valence-corrected chi connectivity index (χ2v) is 5.27. The molecule has 1 saturated carbocycles. The first-order valence-corrected chi connectivity index (χ1v) is 6.98. The molecule has 0 aromatic heterocycles. The molecule has 1 aliphatic carbocycles. The number of rotatable bonds is 3. The summed E-state index contributed by atoms with van der Waals surface area (Å²) in [6.07, 6.45) is 5.64. The lowest BCUT2D eigenvalue weighted by Gasteiger charge is -2.23. The van der Waals surface area contributed by atoms with Crippen LogP contribution < -0.4 is 10.6 Å². The molecule has 1 fully saturated rings. The van der Waals surface area contributed by atoms with Crippen LogP contribution in [0.3, 0.4) is 0 Å². The van der Waals surface area contributed by atoms with Crippen molar-refractivity contribution < 1.29 is 14.7 Å². The van der Waals surface area contributed by atoms with E-state index in [4.69, 9.17) is 5.11 Å². The van der Waals surface area contributed by atoms with Gasteiger partial charge in [-0.25, -0.2) is 9.59 Å². The molecule has 2 rings (SSSR count). The highest BCUT2D eigenvalue weighted by Crippen LogP contribution is 2.19. The van der Waals surface area contributed by atoms with Gasteiger partial charge >= 0.3 is 12.0 Å². The summed E-state index contributed by atoms with van der Waals surface area (Å²) in [5.41, 5.74) is 1.60. The number of amides is 2. The molecule has 0 saturated heterocycles. The summed E-state index contributed by atoms with van der Waals surface area (Å²) in [6.45, 7) is 1.78. The summed E-state index contributed by atoms with van der Waals surface area (Å²) in [6, 6.07) is 4.70. The van der Waals surface area contributed by atoms with Crippen molar-refractivity contribution in [2.75, 3.05) is 5.32 Å². The van der Waals surface area contributed by atoms with Crippen LogP contribution in [0.15, 0.2) is 18.2 Å². The fourth-order valence-electron chi connectivity index (χ4n) is 2.53. The summed E-state index contributed by atoms with van der Waals surface area (Å²) in [4.78, 5) is 22.8. The van der Waals surface area contributed by atoms with Crippen LogP contribution in [0, 0.1) is 6.92 Å². The Balaban J connectivity index is 1.95. The second kappa shape index (κ2) is 6.41. The van der Waals surface area contributed by atoms with E-state index in [2.05, 4.69) is 10.6 Å². The van der Waals surface area contributed by atoms with Crippen LogP contribution in [0.25, 0.3) is 0 Å². The van der Waals surface area contributed by atoms with E-state index in [9.17, 15) is 9.59 Å². The average molecular weight is 276 g/mol. The van der Waals surface area contributed by atoms with Crippen molar-refractivity contribution in [2.45, 2.75) is 45.1 Å². The van der Waals surface area contributed by atoms with Crippen LogP contribution in [-0.4, -0.2) is 23.1 Å². The van der Waals surface area contributed by atoms with E-state index >= 15 is 0 Å². The molecule has 0 aliphatic heterocycles. The number of nitrogens with one attached hydrogen (secondary N) is 2. The van der Waals surface area contributed by atoms with Gasteiger partial charge in [0.05, 0.1) is 5.56 Å². The smallest absolute Gasteiger partial charge is 0.335 e. The number of aryl methyl sites for hydroxylation is 1. The molecule has 0 heterocycles. The monoisotopic (exact) mass is 276 g/mol. The van der Waals surface area contributed by atoms with E-state index in [0.29, 0.717) is 5.69 Å². The minimum Gasteiger partial charge on any atom is -0.478 e. The Bertz CT molecular complexity index is 508. The number of carbonyl (C=O) groups excluding carboxylic acids is 1. The van der Waals surface area contributed by atoms with Crippen molar-refractivity contribution >= 4 is 17.7 Å². The molecule has 2 amide bonds. The quantitative estimate of drug-likeness (QED) is 0.793. The average Bonchev–Trinajstić information content (AvgIpc) is 2.42. The Morgan fingerprint density at radius 2 is 1.90 bits per heavy atom. The molecular weight excluding hydrogens is 256 g/mol. The minimum absolute atomic E-state index is 0.219. The second-order valence-electron chi connectivity index (χ2n) is 5.27. The summed E-state index contributed by atoms with van der Waals surface area (Å²) >= 11 is 0. The lowest BCUT2D eigenvalue weighted by Crippen LogP contribution is -2.39. The zero-order valence-electron chi connectivity index (χ0n) is 11.6. The van der Waals surface area contributed by atoms with Gasteiger partial charge < -0.3 is 15.7 Å². The lowest BCUT2D eigenvalue weighted by molar-refractivity contribution is 0.0697. The lowest BCUT2D eigenvalue weighted by atomic mass is 9.96. The van der Waals surface area contributed by atoms with Crippen molar-refractivity contribution in [1.29, 1.82) is 0 Å². The van der Waals surface area contributed by atoms with Crippen LogP contribution in [-0.2, 0) is 0 Å². The minimum atomic E-state index is -0.966. The molecule has 0 radical (unpaired) electrons. The summed E-state index contributed by atoms with van der Waals surface area (Å²) in [7, 11) is 0. The Labute approximate surface area is 118 Å². The third-order valence-electron chi connectivity index (χ3n) is 3.66. The standard InChI is InChI=1S/C15H20N2O3/c1-10-9-11(14(18)19)7-8-13(10)17-15(20)16-12-5-3-2-4-6-12/h7-9,12H,2-6H2,1H3,(H,18,19)(H2,16,17,20). The maximum absolute atomic E-state index is 11.9.